The fourth-order valence-electron chi connectivity index (χ4n) is 4.93. The Hall–Kier alpha value is -3.43. The number of aryl methyl sites for hydroxylation is 1. The highest BCUT2D eigenvalue weighted by Gasteiger charge is 2.32. The number of hydrogen-bond acceptors (Lipinski definition) is 8. The summed E-state index contributed by atoms with van der Waals surface area (Å²) in [6.07, 6.45) is 6.25. The SMILES string of the molecule is COc1cnc2cccc(CC[C@@H]3CC[C@@H](NCc4cc5c(cn4)OCCO5)[C@@H](CC(=O)O)O3)c2c1. The standard InChI is InChI=1S/C27H31N3O6/c1-33-20-12-21-17(3-2-4-22(21)30-15-20)5-6-19-7-8-23(24(36-19)13-27(31)32)29-14-18-11-25-26(16-28-18)35-10-9-34-25/h2-4,11-12,15-16,19,23-24,29H,5-10,13-14H2,1H3,(H,31,32)/t19-,23-,24-/m1/s1. The molecule has 5 rings (SSSR count). The lowest BCUT2D eigenvalue weighted by molar-refractivity contribution is -0.145. The van der Waals surface area contributed by atoms with Gasteiger partial charge in [-0.3, -0.25) is 14.8 Å². The summed E-state index contributed by atoms with van der Waals surface area (Å²) in [4.78, 5) is 20.5. The van der Waals surface area contributed by atoms with E-state index in [9.17, 15) is 9.90 Å². The van der Waals surface area contributed by atoms with Crippen LogP contribution in [0.5, 0.6) is 17.2 Å². The van der Waals surface area contributed by atoms with Crippen LogP contribution >= 0.6 is 0 Å². The van der Waals surface area contributed by atoms with Crippen molar-refractivity contribution in [2.24, 2.45) is 0 Å². The number of ether oxygens (including phenoxy) is 4. The molecule has 0 radical (unpaired) electrons. The Labute approximate surface area is 209 Å². The van der Waals surface area contributed by atoms with Gasteiger partial charge in [-0.05, 0) is 43.4 Å². The van der Waals surface area contributed by atoms with Crippen molar-refractivity contribution < 1.29 is 28.8 Å². The number of nitrogens with zero attached hydrogens (tertiary/aromatic N) is 2. The summed E-state index contributed by atoms with van der Waals surface area (Å²) in [5.74, 6) is 1.21. The predicted octanol–water partition coefficient (Wildman–Crippen LogP) is 3.52. The summed E-state index contributed by atoms with van der Waals surface area (Å²) in [5.41, 5.74) is 2.93. The maximum absolute atomic E-state index is 11.6. The number of benzene rings is 1. The summed E-state index contributed by atoms with van der Waals surface area (Å²) in [7, 11) is 1.64. The molecule has 36 heavy (non-hydrogen) atoms. The monoisotopic (exact) mass is 493 g/mol. The molecule has 0 bridgehead atoms. The Balaban J connectivity index is 1.21. The molecular weight excluding hydrogens is 462 g/mol. The summed E-state index contributed by atoms with van der Waals surface area (Å²) >= 11 is 0. The number of carboxylic acids is 1. The molecule has 1 aromatic carbocycles. The van der Waals surface area contributed by atoms with Crippen LogP contribution in [-0.4, -0.2) is 59.6 Å². The molecule has 0 unspecified atom stereocenters. The van der Waals surface area contributed by atoms with Crippen LogP contribution in [0, 0.1) is 0 Å². The number of nitrogens with one attached hydrogen (secondary N) is 1. The number of aliphatic carboxylic acids is 1. The zero-order valence-electron chi connectivity index (χ0n) is 20.3. The van der Waals surface area contributed by atoms with Crippen LogP contribution < -0.4 is 19.5 Å². The molecule has 0 amide bonds. The molecule has 9 heteroatoms. The first-order valence-electron chi connectivity index (χ1n) is 12.4. The molecule has 0 aliphatic carbocycles. The highest BCUT2D eigenvalue weighted by Crippen LogP contribution is 2.30. The molecular formula is C27H31N3O6. The van der Waals surface area contributed by atoms with Gasteiger partial charge in [-0.2, -0.15) is 0 Å². The minimum atomic E-state index is -0.864. The maximum atomic E-state index is 11.6. The molecule has 3 atom stereocenters. The van der Waals surface area contributed by atoms with Crippen molar-refractivity contribution in [2.45, 2.75) is 56.9 Å². The number of fused-ring (bicyclic) bond motifs is 2. The van der Waals surface area contributed by atoms with Crippen molar-refractivity contribution in [3.63, 3.8) is 0 Å². The van der Waals surface area contributed by atoms with Gasteiger partial charge in [-0.1, -0.05) is 12.1 Å². The number of rotatable bonds is 9. The van der Waals surface area contributed by atoms with Gasteiger partial charge in [0.2, 0.25) is 0 Å². The van der Waals surface area contributed by atoms with Crippen molar-refractivity contribution in [3.05, 3.63) is 54.0 Å². The van der Waals surface area contributed by atoms with E-state index in [1.54, 1.807) is 19.5 Å². The van der Waals surface area contributed by atoms with Gasteiger partial charge in [0.1, 0.15) is 19.0 Å². The maximum Gasteiger partial charge on any atom is 0.306 e. The summed E-state index contributed by atoms with van der Waals surface area (Å²) in [5, 5.41) is 14.0. The number of carboxylic acid groups (broad SMARTS) is 1. The van der Waals surface area contributed by atoms with E-state index in [-0.39, 0.29) is 18.6 Å². The second-order valence-corrected chi connectivity index (χ2v) is 9.18. The van der Waals surface area contributed by atoms with Crippen LogP contribution in [0.2, 0.25) is 0 Å². The Morgan fingerprint density at radius 3 is 2.83 bits per heavy atom. The highest BCUT2D eigenvalue weighted by molar-refractivity contribution is 5.83. The molecule has 1 fully saturated rings. The van der Waals surface area contributed by atoms with Gasteiger partial charge in [0, 0.05) is 24.0 Å². The van der Waals surface area contributed by atoms with Gasteiger partial charge < -0.3 is 29.4 Å². The van der Waals surface area contributed by atoms with Gasteiger partial charge in [0.25, 0.3) is 0 Å². The minimum Gasteiger partial charge on any atom is -0.495 e. The van der Waals surface area contributed by atoms with Gasteiger partial charge in [-0.15, -0.1) is 0 Å². The lowest BCUT2D eigenvalue weighted by Crippen LogP contribution is -2.48. The predicted molar refractivity (Wildman–Crippen MR) is 133 cm³/mol. The Kier molecular flexibility index (Phi) is 7.48. The van der Waals surface area contributed by atoms with Crippen LogP contribution in [0.4, 0.5) is 0 Å². The molecule has 0 spiro atoms. The van der Waals surface area contributed by atoms with Crippen LogP contribution in [0.15, 0.2) is 42.7 Å². The van der Waals surface area contributed by atoms with E-state index in [1.807, 2.05) is 24.3 Å². The smallest absolute Gasteiger partial charge is 0.306 e. The quantitative estimate of drug-likeness (QED) is 0.462. The average molecular weight is 494 g/mol. The van der Waals surface area contributed by atoms with E-state index in [1.165, 1.54) is 5.56 Å². The minimum absolute atomic E-state index is 0.00589. The average Bonchev–Trinajstić information content (AvgIpc) is 2.90. The zero-order valence-corrected chi connectivity index (χ0v) is 20.3. The lowest BCUT2D eigenvalue weighted by atomic mass is 9.92. The van der Waals surface area contributed by atoms with Crippen LogP contribution in [0.1, 0.15) is 36.9 Å². The van der Waals surface area contributed by atoms with Crippen LogP contribution in [0.25, 0.3) is 10.9 Å². The van der Waals surface area contributed by atoms with Gasteiger partial charge >= 0.3 is 5.97 Å². The molecule has 3 aromatic rings. The van der Waals surface area contributed by atoms with Crippen LogP contribution in [0.3, 0.4) is 0 Å². The Morgan fingerprint density at radius 2 is 2.00 bits per heavy atom. The highest BCUT2D eigenvalue weighted by atomic mass is 16.6. The lowest BCUT2D eigenvalue weighted by Gasteiger charge is -2.36. The Bertz CT molecular complexity index is 1220. The molecule has 4 heterocycles. The van der Waals surface area contributed by atoms with Gasteiger partial charge in [0.15, 0.2) is 11.5 Å². The largest absolute Gasteiger partial charge is 0.495 e. The Morgan fingerprint density at radius 1 is 1.14 bits per heavy atom. The van der Waals surface area contributed by atoms with E-state index < -0.39 is 12.1 Å². The second-order valence-electron chi connectivity index (χ2n) is 9.18. The summed E-state index contributed by atoms with van der Waals surface area (Å²) < 4.78 is 22.8. The third-order valence-corrected chi connectivity index (χ3v) is 6.79. The van der Waals surface area contributed by atoms with E-state index in [2.05, 4.69) is 21.4 Å². The number of aromatic nitrogens is 2. The first-order valence-corrected chi connectivity index (χ1v) is 12.4. The molecule has 1 saturated heterocycles. The van der Waals surface area contributed by atoms with Crippen molar-refractivity contribution in [1.29, 1.82) is 0 Å². The molecule has 2 aromatic heterocycles. The van der Waals surface area contributed by atoms with Gasteiger partial charge in [0.05, 0.1) is 49.3 Å². The molecule has 2 N–H and O–H groups in total. The third-order valence-electron chi connectivity index (χ3n) is 6.79. The molecule has 9 nitrogen and oxygen atoms in total. The number of carbonyl (C=O) groups is 1. The van der Waals surface area contributed by atoms with E-state index in [4.69, 9.17) is 18.9 Å². The number of methoxy groups -OCH3 is 1. The number of pyridine rings is 2. The van der Waals surface area contributed by atoms with Gasteiger partial charge in [-0.25, -0.2) is 0 Å². The molecule has 0 saturated carbocycles. The fourth-order valence-corrected chi connectivity index (χ4v) is 4.93. The third kappa shape index (κ3) is 5.68. The molecule has 190 valence electrons. The molecule has 2 aliphatic heterocycles. The first kappa shape index (κ1) is 24.3. The zero-order chi connectivity index (χ0) is 24.9. The molecule has 2 aliphatic rings. The summed E-state index contributed by atoms with van der Waals surface area (Å²) in [6, 6.07) is 9.92. The second kappa shape index (κ2) is 11.1. The van der Waals surface area contributed by atoms with E-state index in [0.29, 0.717) is 31.3 Å². The first-order chi connectivity index (χ1) is 17.6. The van der Waals surface area contributed by atoms with Crippen molar-refractivity contribution in [2.75, 3.05) is 20.3 Å². The van der Waals surface area contributed by atoms with Crippen molar-refractivity contribution in [1.82, 2.24) is 15.3 Å². The van der Waals surface area contributed by atoms with E-state index >= 15 is 0 Å². The van der Waals surface area contributed by atoms with Crippen molar-refractivity contribution in [3.8, 4) is 17.2 Å². The summed E-state index contributed by atoms with van der Waals surface area (Å²) in [6.45, 7) is 1.54. The van der Waals surface area contributed by atoms with Crippen molar-refractivity contribution >= 4 is 16.9 Å². The number of hydrogen-bond donors (Lipinski definition) is 2. The van der Waals surface area contributed by atoms with E-state index in [0.717, 1.165) is 48.0 Å². The van der Waals surface area contributed by atoms with Crippen LogP contribution in [-0.2, 0) is 22.5 Å². The topological polar surface area (TPSA) is 112 Å². The fraction of sp³-hybridized carbons (Fsp3) is 0.444. The normalized spacial score (nSPS) is 21.3.